The SMILES string of the molecule is c1ccc(C2(c3ccccc3)c3ccccc3C(c3ccccc3)(c3ccccc3)N2c2cc(N3C(c4ccccc4)(c4ccccc4)c4ccccc4C3(c3ccccc3)c3ccccc3)ncn2)cc1. The number of nitrogens with zero attached hydrogens (tertiary/aromatic N) is 4. The summed E-state index contributed by atoms with van der Waals surface area (Å²) in [7, 11) is 0. The number of benzene rings is 10. The fourth-order valence-electron chi connectivity index (χ4n) is 12.9. The van der Waals surface area contributed by atoms with Gasteiger partial charge in [0.2, 0.25) is 0 Å². The Morgan fingerprint density at radius 2 is 0.375 bits per heavy atom. The van der Waals surface area contributed by atoms with Crippen LogP contribution in [0.4, 0.5) is 11.6 Å². The predicted octanol–water partition coefficient (Wildman–Crippen LogP) is 14.7. The number of anilines is 2. The molecule has 4 heteroatoms. The number of hydrogen-bond acceptors (Lipinski definition) is 4. The maximum atomic E-state index is 5.59. The van der Waals surface area contributed by atoms with Crippen LogP contribution < -0.4 is 9.80 Å². The van der Waals surface area contributed by atoms with Crippen LogP contribution >= 0.6 is 0 Å². The summed E-state index contributed by atoms with van der Waals surface area (Å²) in [4.78, 5) is 16.4. The average Bonchev–Trinajstić information content (AvgIpc) is 3.93. The summed E-state index contributed by atoms with van der Waals surface area (Å²) in [5, 5.41) is 0. The van der Waals surface area contributed by atoms with Crippen LogP contribution in [0.1, 0.15) is 66.8 Å². The Kier molecular flexibility index (Phi) is 10.4. The van der Waals surface area contributed by atoms with Gasteiger partial charge in [0.05, 0.1) is 0 Å². The Morgan fingerprint density at radius 3 is 0.556 bits per heavy atom. The molecule has 0 radical (unpaired) electrons. The summed E-state index contributed by atoms with van der Waals surface area (Å²) in [6, 6.07) is 109. The molecule has 0 unspecified atom stereocenters. The van der Waals surface area contributed by atoms with E-state index in [-0.39, 0.29) is 0 Å². The van der Waals surface area contributed by atoms with Crippen molar-refractivity contribution in [1.29, 1.82) is 0 Å². The van der Waals surface area contributed by atoms with Gasteiger partial charge in [-0.2, -0.15) is 0 Å². The van der Waals surface area contributed by atoms with Crippen molar-refractivity contribution in [2.24, 2.45) is 0 Å². The predicted molar refractivity (Wildman–Crippen MR) is 291 cm³/mol. The smallest absolute Gasteiger partial charge is 0.136 e. The van der Waals surface area contributed by atoms with Crippen molar-refractivity contribution >= 4 is 11.6 Å². The minimum absolute atomic E-state index is 0.762. The molecular weight excluding hydrogens is 873 g/mol. The lowest BCUT2D eigenvalue weighted by Crippen LogP contribution is -2.55. The zero-order valence-corrected chi connectivity index (χ0v) is 39.7. The highest BCUT2D eigenvalue weighted by molar-refractivity contribution is 5.81. The molecule has 0 bridgehead atoms. The summed E-state index contributed by atoms with van der Waals surface area (Å²) in [5.41, 5.74) is 10.00. The zero-order valence-electron chi connectivity index (χ0n) is 39.7. The fourth-order valence-corrected chi connectivity index (χ4v) is 12.9. The third-order valence-electron chi connectivity index (χ3n) is 15.4. The molecule has 3 heterocycles. The molecule has 10 aromatic carbocycles. The fraction of sp³-hybridized carbons (Fsp3) is 0.0588. The van der Waals surface area contributed by atoms with E-state index < -0.39 is 22.2 Å². The van der Waals surface area contributed by atoms with E-state index in [4.69, 9.17) is 9.97 Å². The van der Waals surface area contributed by atoms with E-state index in [0.717, 1.165) is 56.1 Å². The molecule has 1 aromatic heterocycles. The van der Waals surface area contributed by atoms with Crippen LogP contribution in [0.25, 0.3) is 0 Å². The lowest BCUT2D eigenvalue weighted by atomic mass is 9.76. The number of hydrogen-bond donors (Lipinski definition) is 0. The third kappa shape index (κ3) is 5.99. The van der Waals surface area contributed by atoms with E-state index in [2.05, 4.69) is 307 Å². The molecule has 2 aliphatic heterocycles. The molecule has 0 spiro atoms. The van der Waals surface area contributed by atoms with Crippen LogP contribution in [0.3, 0.4) is 0 Å². The molecule has 4 nitrogen and oxygen atoms in total. The van der Waals surface area contributed by atoms with Gasteiger partial charge in [0.15, 0.2) is 0 Å². The Labute approximate surface area is 421 Å². The maximum absolute atomic E-state index is 5.59. The highest BCUT2D eigenvalue weighted by Crippen LogP contribution is 2.65. The summed E-state index contributed by atoms with van der Waals surface area (Å²) in [5.74, 6) is 1.52. The molecule has 0 fully saturated rings. The Morgan fingerprint density at radius 1 is 0.208 bits per heavy atom. The van der Waals surface area contributed by atoms with Gasteiger partial charge < -0.3 is 9.80 Å². The van der Waals surface area contributed by atoms with Crippen molar-refractivity contribution < 1.29 is 0 Å². The van der Waals surface area contributed by atoms with Crippen molar-refractivity contribution in [3.8, 4) is 0 Å². The summed E-state index contributed by atoms with van der Waals surface area (Å²) < 4.78 is 0. The minimum atomic E-state index is -0.920. The Bertz CT molecular complexity index is 3010. The van der Waals surface area contributed by atoms with Crippen molar-refractivity contribution in [2.75, 3.05) is 9.80 Å². The van der Waals surface area contributed by atoms with Crippen LogP contribution in [0.15, 0.2) is 304 Å². The van der Waals surface area contributed by atoms with E-state index in [1.807, 2.05) is 0 Å². The van der Waals surface area contributed by atoms with Gasteiger partial charge in [-0.15, -0.1) is 0 Å². The number of fused-ring (bicyclic) bond motifs is 2. The highest BCUT2D eigenvalue weighted by Gasteiger charge is 2.64. The van der Waals surface area contributed by atoms with Crippen LogP contribution in [0.2, 0.25) is 0 Å². The molecule has 0 N–H and O–H groups in total. The van der Waals surface area contributed by atoms with Gasteiger partial charge in [0.25, 0.3) is 0 Å². The van der Waals surface area contributed by atoms with Crippen LogP contribution in [-0.2, 0) is 22.2 Å². The van der Waals surface area contributed by atoms with Gasteiger partial charge >= 0.3 is 0 Å². The molecule has 0 saturated heterocycles. The zero-order chi connectivity index (χ0) is 48.0. The molecule has 0 saturated carbocycles. The van der Waals surface area contributed by atoms with Crippen molar-refractivity contribution in [2.45, 2.75) is 22.2 Å². The van der Waals surface area contributed by atoms with Crippen molar-refractivity contribution in [1.82, 2.24) is 9.97 Å². The first-order chi connectivity index (χ1) is 35.8. The Hall–Kier alpha value is -9.12. The monoisotopic (exact) mass is 922 g/mol. The third-order valence-corrected chi connectivity index (χ3v) is 15.4. The first-order valence-corrected chi connectivity index (χ1v) is 24.8. The van der Waals surface area contributed by atoms with E-state index in [9.17, 15) is 0 Å². The standard InChI is InChI=1S/C68H50N4/c1-9-29-51(30-10-1)65(52-31-11-2-12-32-52)59-45-25-26-46-60(59)66(53-33-13-3-14-34-53,54-35-15-4-16-36-54)71(65)63-49-64(70-50-69-63)72-67(55-37-17-5-18-38-55,56-39-19-6-20-40-56)61-47-27-28-48-62(61)68(72,57-41-21-7-22-42-57)58-43-23-8-24-44-58/h1-50H. The molecule has 11 aromatic rings. The maximum Gasteiger partial charge on any atom is 0.136 e. The Balaban J connectivity index is 1.22. The molecule has 0 atom stereocenters. The number of rotatable bonds is 10. The second kappa shape index (κ2) is 17.4. The van der Waals surface area contributed by atoms with Gasteiger partial charge in [0.1, 0.15) is 40.1 Å². The van der Waals surface area contributed by atoms with Crippen molar-refractivity contribution in [3.05, 3.63) is 370 Å². The van der Waals surface area contributed by atoms with Gasteiger partial charge in [0, 0.05) is 6.07 Å². The molecule has 0 amide bonds. The van der Waals surface area contributed by atoms with E-state index in [0.29, 0.717) is 0 Å². The van der Waals surface area contributed by atoms with Crippen LogP contribution in [0.5, 0.6) is 0 Å². The summed E-state index contributed by atoms with van der Waals surface area (Å²) in [6.07, 6.45) is 1.81. The largest absolute Gasteiger partial charge is 0.320 e. The molecular formula is C68H50N4. The lowest BCUT2D eigenvalue weighted by molar-refractivity contribution is 0.481. The van der Waals surface area contributed by atoms with E-state index in [1.54, 1.807) is 6.33 Å². The second-order valence-corrected chi connectivity index (χ2v) is 18.8. The summed E-state index contributed by atoms with van der Waals surface area (Å²) in [6.45, 7) is 0. The minimum Gasteiger partial charge on any atom is -0.320 e. The lowest BCUT2D eigenvalue weighted by Gasteiger charge is -2.51. The van der Waals surface area contributed by atoms with Gasteiger partial charge in [-0.1, -0.05) is 291 Å². The second-order valence-electron chi connectivity index (χ2n) is 18.8. The van der Waals surface area contributed by atoms with Crippen molar-refractivity contribution in [3.63, 3.8) is 0 Å². The van der Waals surface area contributed by atoms with Gasteiger partial charge in [-0.3, -0.25) is 0 Å². The average molecular weight is 923 g/mol. The van der Waals surface area contributed by atoms with E-state index in [1.165, 1.54) is 22.3 Å². The van der Waals surface area contributed by atoms with Gasteiger partial charge in [-0.05, 0) is 66.8 Å². The van der Waals surface area contributed by atoms with Crippen LogP contribution in [-0.4, -0.2) is 9.97 Å². The number of aromatic nitrogens is 2. The molecule has 13 rings (SSSR count). The van der Waals surface area contributed by atoms with Gasteiger partial charge in [-0.25, -0.2) is 9.97 Å². The van der Waals surface area contributed by atoms with E-state index >= 15 is 0 Å². The highest BCUT2D eigenvalue weighted by atomic mass is 15.4. The molecule has 342 valence electrons. The quantitative estimate of drug-likeness (QED) is 0.137. The molecule has 0 aliphatic carbocycles. The first kappa shape index (κ1) is 42.9. The van der Waals surface area contributed by atoms with Crippen LogP contribution in [0, 0.1) is 0 Å². The normalized spacial score (nSPS) is 15.6. The summed E-state index contributed by atoms with van der Waals surface area (Å²) >= 11 is 0. The topological polar surface area (TPSA) is 32.3 Å². The molecule has 2 aliphatic rings. The molecule has 72 heavy (non-hydrogen) atoms. The first-order valence-electron chi connectivity index (χ1n) is 24.8.